The molecule has 1 aromatic carbocycles. The summed E-state index contributed by atoms with van der Waals surface area (Å²) in [6, 6.07) is 7.14. The lowest BCUT2D eigenvalue weighted by Crippen LogP contribution is -3.15. The number of carbonyl (C=O) groups is 1. The van der Waals surface area contributed by atoms with Crippen molar-refractivity contribution in [3.05, 3.63) is 35.0 Å². The van der Waals surface area contributed by atoms with Gasteiger partial charge in [-0.2, -0.15) is 0 Å². The van der Waals surface area contributed by atoms with E-state index < -0.39 is 0 Å². The van der Waals surface area contributed by atoms with Gasteiger partial charge in [-0.3, -0.25) is 9.69 Å². The minimum atomic E-state index is 0.287. The Bertz CT molecular complexity index is 878. The molecule has 5 heteroatoms. The molecular weight excluding hydrogens is 336 g/mol. The van der Waals surface area contributed by atoms with E-state index in [0.29, 0.717) is 12.5 Å². The SMILES string of the molecule is Cc1ccc2c(c1)c1c3n2CCN(C(=O)C[NH+]2CCN(C)CC2)C3CCC1. The van der Waals surface area contributed by atoms with Crippen molar-refractivity contribution in [3.63, 3.8) is 0 Å². The fraction of sp³-hybridized carbons (Fsp3) is 0.591. The van der Waals surface area contributed by atoms with Crippen molar-refractivity contribution >= 4 is 16.8 Å². The molecular formula is C22H31N4O+. The predicted molar refractivity (Wildman–Crippen MR) is 107 cm³/mol. The van der Waals surface area contributed by atoms with E-state index in [9.17, 15) is 4.79 Å². The average molecular weight is 368 g/mol. The number of likely N-dealkylation sites (N-methyl/N-ethyl adjacent to an activating group) is 1. The molecule has 1 saturated heterocycles. The Kier molecular flexibility index (Phi) is 4.25. The Morgan fingerprint density at radius 1 is 1.19 bits per heavy atom. The first-order chi connectivity index (χ1) is 13.1. The Morgan fingerprint density at radius 3 is 2.81 bits per heavy atom. The molecule has 2 aromatic rings. The number of aromatic nitrogens is 1. The number of hydrogen-bond acceptors (Lipinski definition) is 2. The Balaban J connectivity index is 1.44. The van der Waals surface area contributed by atoms with E-state index in [4.69, 9.17) is 0 Å². The number of fused-ring (bicyclic) bond motifs is 3. The third-order valence-electron chi connectivity index (χ3n) is 6.94. The lowest BCUT2D eigenvalue weighted by Gasteiger charge is -2.40. The normalized spacial score (nSPS) is 23.6. The molecule has 1 unspecified atom stereocenters. The van der Waals surface area contributed by atoms with Crippen LogP contribution in [0, 0.1) is 6.92 Å². The molecule has 144 valence electrons. The first-order valence-corrected chi connectivity index (χ1v) is 10.5. The van der Waals surface area contributed by atoms with Gasteiger partial charge in [-0.05, 0) is 50.9 Å². The van der Waals surface area contributed by atoms with E-state index in [1.165, 1.54) is 39.0 Å². The second-order valence-electron chi connectivity index (χ2n) is 8.76. The summed E-state index contributed by atoms with van der Waals surface area (Å²) in [5, 5.41) is 1.42. The van der Waals surface area contributed by atoms with E-state index in [2.05, 4.69) is 46.5 Å². The third-order valence-corrected chi connectivity index (χ3v) is 6.94. The molecule has 5 rings (SSSR count). The number of nitrogens with zero attached hydrogens (tertiary/aromatic N) is 3. The summed E-state index contributed by atoms with van der Waals surface area (Å²) in [4.78, 5) is 19.2. The molecule has 1 aromatic heterocycles. The monoisotopic (exact) mass is 367 g/mol. The smallest absolute Gasteiger partial charge is 0.278 e. The minimum Gasteiger partial charge on any atom is -0.341 e. The quantitative estimate of drug-likeness (QED) is 0.859. The van der Waals surface area contributed by atoms with Crippen LogP contribution in [0.25, 0.3) is 10.9 Å². The standard InChI is InChI=1S/C22H30N4O/c1-16-6-7-19-18(14-16)17-4-3-5-20-22(17)26(19)13-12-25(20)21(27)15-24-10-8-23(2)9-11-24/h6-7,14,20H,3-5,8-13,15H2,1-2H3/p+1. The largest absolute Gasteiger partial charge is 0.341 e. The minimum absolute atomic E-state index is 0.287. The van der Waals surface area contributed by atoms with Crippen LogP contribution < -0.4 is 4.90 Å². The number of carbonyl (C=O) groups excluding carboxylic acids is 1. The molecule has 5 nitrogen and oxygen atoms in total. The number of rotatable bonds is 2. The molecule has 0 saturated carbocycles. The van der Waals surface area contributed by atoms with Crippen LogP contribution >= 0.6 is 0 Å². The highest BCUT2D eigenvalue weighted by molar-refractivity contribution is 5.87. The van der Waals surface area contributed by atoms with Crippen molar-refractivity contribution in [1.82, 2.24) is 14.4 Å². The molecule has 27 heavy (non-hydrogen) atoms. The number of piperazine rings is 1. The van der Waals surface area contributed by atoms with Gasteiger partial charge in [0.05, 0.1) is 19.1 Å². The molecule has 1 fully saturated rings. The van der Waals surface area contributed by atoms with Gasteiger partial charge in [-0.25, -0.2) is 0 Å². The molecule has 1 N–H and O–H groups in total. The number of hydrogen-bond donors (Lipinski definition) is 1. The molecule has 0 spiro atoms. The van der Waals surface area contributed by atoms with Crippen LogP contribution in [-0.2, 0) is 17.8 Å². The van der Waals surface area contributed by atoms with Crippen molar-refractivity contribution in [2.24, 2.45) is 0 Å². The van der Waals surface area contributed by atoms with Gasteiger partial charge < -0.3 is 14.4 Å². The molecule has 3 heterocycles. The van der Waals surface area contributed by atoms with E-state index in [0.717, 1.165) is 52.1 Å². The zero-order valence-electron chi connectivity index (χ0n) is 16.6. The van der Waals surface area contributed by atoms with E-state index in [1.807, 2.05) is 0 Å². The lowest BCUT2D eigenvalue weighted by atomic mass is 9.89. The summed E-state index contributed by atoms with van der Waals surface area (Å²) in [5.41, 5.74) is 5.65. The van der Waals surface area contributed by atoms with Gasteiger partial charge in [0, 0.05) is 42.8 Å². The van der Waals surface area contributed by atoms with Crippen molar-refractivity contribution in [3.8, 4) is 0 Å². The van der Waals surface area contributed by atoms with E-state index >= 15 is 0 Å². The van der Waals surface area contributed by atoms with Crippen molar-refractivity contribution in [2.45, 2.75) is 38.8 Å². The van der Waals surface area contributed by atoms with Crippen LogP contribution in [0.2, 0.25) is 0 Å². The van der Waals surface area contributed by atoms with Crippen LogP contribution in [0.1, 0.15) is 35.7 Å². The Morgan fingerprint density at radius 2 is 2.00 bits per heavy atom. The second-order valence-corrected chi connectivity index (χ2v) is 8.76. The molecule has 1 atom stereocenters. The molecule has 1 amide bonds. The maximum atomic E-state index is 13.2. The molecule has 1 aliphatic carbocycles. The molecule has 3 aliphatic rings. The van der Waals surface area contributed by atoms with E-state index in [-0.39, 0.29) is 6.04 Å². The number of aryl methyl sites for hydroxylation is 2. The maximum Gasteiger partial charge on any atom is 0.278 e. The van der Waals surface area contributed by atoms with Gasteiger partial charge in [-0.15, -0.1) is 0 Å². The molecule has 2 aliphatic heterocycles. The first-order valence-electron chi connectivity index (χ1n) is 10.5. The highest BCUT2D eigenvalue weighted by Gasteiger charge is 2.38. The Labute approximate surface area is 161 Å². The highest BCUT2D eigenvalue weighted by atomic mass is 16.2. The van der Waals surface area contributed by atoms with Crippen LogP contribution in [-0.4, -0.2) is 66.6 Å². The van der Waals surface area contributed by atoms with Gasteiger partial charge in [-0.1, -0.05) is 11.6 Å². The van der Waals surface area contributed by atoms with Gasteiger partial charge in [0.15, 0.2) is 6.54 Å². The first kappa shape index (κ1) is 17.3. The van der Waals surface area contributed by atoms with Crippen LogP contribution in [0.5, 0.6) is 0 Å². The Hall–Kier alpha value is -1.85. The second kappa shape index (κ2) is 6.64. The topological polar surface area (TPSA) is 32.9 Å². The average Bonchev–Trinajstić information content (AvgIpc) is 2.99. The van der Waals surface area contributed by atoms with Crippen molar-refractivity contribution in [1.29, 1.82) is 0 Å². The summed E-state index contributed by atoms with van der Waals surface area (Å²) in [5.74, 6) is 0.361. The molecule has 0 bridgehead atoms. The van der Waals surface area contributed by atoms with Gasteiger partial charge in [0.25, 0.3) is 5.91 Å². The summed E-state index contributed by atoms with van der Waals surface area (Å²) < 4.78 is 2.51. The van der Waals surface area contributed by atoms with Crippen LogP contribution in [0.3, 0.4) is 0 Å². The van der Waals surface area contributed by atoms with Gasteiger partial charge >= 0.3 is 0 Å². The lowest BCUT2D eigenvalue weighted by molar-refractivity contribution is -0.896. The number of benzene rings is 1. The summed E-state index contributed by atoms with van der Waals surface area (Å²) in [6.45, 7) is 9.03. The van der Waals surface area contributed by atoms with Crippen LogP contribution in [0.15, 0.2) is 18.2 Å². The van der Waals surface area contributed by atoms with Gasteiger partial charge in [0.1, 0.15) is 0 Å². The van der Waals surface area contributed by atoms with E-state index in [1.54, 1.807) is 0 Å². The molecule has 0 radical (unpaired) electrons. The summed E-state index contributed by atoms with van der Waals surface area (Å²) >= 11 is 0. The van der Waals surface area contributed by atoms with Crippen LogP contribution in [0.4, 0.5) is 0 Å². The predicted octanol–water partition coefficient (Wildman–Crippen LogP) is 1.000. The maximum absolute atomic E-state index is 13.2. The summed E-state index contributed by atoms with van der Waals surface area (Å²) in [7, 11) is 2.17. The fourth-order valence-corrected chi connectivity index (χ4v) is 5.44. The third kappa shape index (κ3) is 2.88. The fourth-order valence-electron chi connectivity index (χ4n) is 5.44. The number of nitrogens with one attached hydrogen (secondary N) is 1. The number of amides is 1. The number of quaternary nitrogens is 1. The van der Waals surface area contributed by atoms with Crippen molar-refractivity contribution in [2.75, 3.05) is 46.3 Å². The van der Waals surface area contributed by atoms with Gasteiger partial charge in [0.2, 0.25) is 0 Å². The zero-order valence-corrected chi connectivity index (χ0v) is 16.6. The van der Waals surface area contributed by atoms with Crippen molar-refractivity contribution < 1.29 is 9.69 Å². The summed E-state index contributed by atoms with van der Waals surface area (Å²) in [6.07, 6.45) is 3.46. The highest BCUT2D eigenvalue weighted by Crippen LogP contribution is 2.42. The zero-order chi connectivity index (χ0) is 18.5.